The molecule has 0 aliphatic carbocycles. The van der Waals surface area contributed by atoms with E-state index in [2.05, 4.69) is 72.3 Å². The zero-order valence-corrected chi connectivity index (χ0v) is 15.1. The molecular formula is C17H23NS3. The normalized spacial score (nSPS) is 24.3. The Hall–Kier alpha value is -0.160. The van der Waals surface area contributed by atoms with E-state index >= 15 is 0 Å². The third kappa shape index (κ3) is 3.61. The molecule has 21 heavy (non-hydrogen) atoms. The van der Waals surface area contributed by atoms with Crippen LogP contribution in [0.3, 0.4) is 0 Å². The van der Waals surface area contributed by atoms with Crippen LogP contribution in [-0.2, 0) is 6.42 Å². The van der Waals surface area contributed by atoms with Gasteiger partial charge in [-0.1, -0.05) is 32.0 Å². The monoisotopic (exact) mass is 337 g/mol. The van der Waals surface area contributed by atoms with Crippen LogP contribution in [0.2, 0.25) is 0 Å². The van der Waals surface area contributed by atoms with Crippen LogP contribution in [0.5, 0.6) is 0 Å². The van der Waals surface area contributed by atoms with Gasteiger partial charge in [-0.05, 0) is 35.4 Å². The van der Waals surface area contributed by atoms with Gasteiger partial charge in [0.2, 0.25) is 0 Å². The molecule has 3 rings (SSSR count). The van der Waals surface area contributed by atoms with Crippen LogP contribution in [0, 0.1) is 0 Å². The van der Waals surface area contributed by atoms with E-state index in [1.54, 1.807) is 0 Å². The zero-order valence-electron chi connectivity index (χ0n) is 12.7. The Labute approximate surface area is 140 Å². The number of thioether (sulfide) groups is 2. The summed E-state index contributed by atoms with van der Waals surface area (Å²) in [6.07, 6.45) is 1.15. The minimum absolute atomic E-state index is 0.584. The summed E-state index contributed by atoms with van der Waals surface area (Å²) in [4.78, 5) is 0. The summed E-state index contributed by atoms with van der Waals surface area (Å²) in [5.74, 6) is 2.61. The molecule has 0 saturated carbocycles. The molecule has 3 unspecified atom stereocenters. The molecule has 2 aromatic rings. The standard InChI is InChI=1S/C17H23NS3/c1-3-18-15(17-12(2)19-8-9-20-17)10-13-11-21-16-7-5-4-6-14(13)16/h4-7,11-12,15,17-18H,3,8-10H2,1-2H3. The van der Waals surface area contributed by atoms with Crippen molar-refractivity contribution in [1.29, 1.82) is 0 Å². The maximum atomic E-state index is 3.76. The Kier molecular flexibility index (Phi) is 5.54. The van der Waals surface area contributed by atoms with Crippen molar-refractivity contribution in [3.63, 3.8) is 0 Å². The molecule has 2 heterocycles. The van der Waals surface area contributed by atoms with Gasteiger partial charge in [-0.25, -0.2) is 0 Å². The number of thiophene rings is 1. The average molecular weight is 338 g/mol. The van der Waals surface area contributed by atoms with Crippen molar-refractivity contribution in [1.82, 2.24) is 5.32 Å². The lowest BCUT2D eigenvalue weighted by atomic mass is 10.0. The molecule has 1 nitrogen and oxygen atoms in total. The van der Waals surface area contributed by atoms with Crippen molar-refractivity contribution >= 4 is 44.9 Å². The molecule has 1 aliphatic heterocycles. The van der Waals surface area contributed by atoms with E-state index in [1.165, 1.54) is 27.2 Å². The van der Waals surface area contributed by atoms with Gasteiger partial charge in [0.05, 0.1) is 0 Å². The average Bonchev–Trinajstić information content (AvgIpc) is 2.91. The van der Waals surface area contributed by atoms with Crippen LogP contribution in [-0.4, -0.2) is 34.6 Å². The fraction of sp³-hybridized carbons (Fsp3) is 0.529. The first-order chi connectivity index (χ1) is 10.3. The Balaban J connectivity index is 1.81. The SMILES string of the molecule is CCNC(Cc1csc2ccccc12)C1SCCSC1C. The number of rotatable bonds is 5. The Bertz CT molecular complexity index is 580. The molecule has 0 amide bonds. The fourth-order valence-electron chi connectivity index (χ4n) is 3.09. The largest absolute Gasteiger partial charge is 0.313 e. The van der Waals surface area contributed by atoms with Crippen LogP contribution in [0.25, 0.3) is 10.1 Å². The van der Waals surface area contributed by atoms with E-state index < -0.39 is 0 Å². The fourth-order valence-corrected chi connectivity index (χ4v) is 7.02. The number of hydrogen-bond donors (Lipinski definition) is 1. The summed E-state index contributed by atoms with van der Waals surface area (Å²) in [5, 5.41) is 9.04. The molecule has 0 spiro atoms. The number of hydrogen-bond acceptors (Lipinski definition) is 4. The first-order valence-corrected chi connectivity index (χ1v) is 10.7. The highest BCUT2D eigenvalue weighted by Crippen LogP contribution is 2.35. The zero-order chi connectivity index (χ0) is 14.7. The second-order valence-corrected chi connectivity index (χ2v) is 9.22. The lowest BCUT2D eigenvalue weighted by Crippen LogP contribution is -2.45. The van der Waals surface area contributed by atoms with E-state index in [-0.39, 0.29) is 0 Å². The van der Waals surface area contributed by atoms with Crippen LogP contribution in [0.1, 0.15) is 19.4 Å². The first kappa shape index (κ1) is 15.7. The van der Waals surface area contributed by atoms with Gasteiger partial charge in [0.15, 0.2) is 0 Å². The summed E-state index contributed by atoms with van der Waals surface area (Å²) in [6.45, 7) is 5.68. The third-order valence-corrected chi connectivity index (χ3v) is 8.36. The number of nitrogens with one attached hydrogen (secondary N) is 1. The summed E-state index contributed by atoms with van der Waals surface area (Å²) >= 11 is 6.19. The maximum absolute atomic E-state index is 3.76. The van der Waals surface area contributed by atoms with Crippen molar-refractivity contribution < 1.29 is 0 Å². The van der Waals surface area contributed by atoms with Gasteiger partial charge in [0, 0.05) is 32.7 Å². The lowest BCUT2D eigenvalue weighted by Gasteiger charge is -2.35. The highest BCUT2D eigenvalue weighted by atomic mass is 32.2. The van der Waals surface area contributed by atoms with Crippen LogP contribution >= 0.6 is 34.9 Å². The van der Waals surface area contributed by atoms with Crippen LogP contribution < -0.4 is 5.32 Å². The molecule has 3 atom stereocenters. The quantitative estimate of drug-likeness (QED) is 0.852. The van der Waals surface area contributed by atoms with E-state index in [4.69, 9.17) is 0 Å². The van der Waals surface area contributed by atoms with Gasteiger partial charge >= 0.3 is 0 Å². The molecular weight excluding hydrogens is 314 g/mol. The van der Waals surface area contributed by atoms with Gasteiger partial charge in [0.1, 0.15) is 0 Å². The predicted molar refractivity (Wildman–Crippen MR) is 101 cm³/mol. The molecule has 1 aromatic carbocycles. The van der Waals surface area contributed by atoms with Gasteiger partial charge in [-0.3, -0.25) is 0 Å². The molecule has 1 aliphatic rings. The molecule has 114 valence electrons. The van der Waals surface area contributed by atoms with Crippen molar-refractivity contribution in [2.24, 2.45) is 0 Å². The summed E-state index contributed by atoms with van der Waals surface area (Å²) in [7, 11) is 0. The maximum Gasteiger partial charge on any atom is 0.0345 e. The summed E-state index contributed by atoms with van der Waals surface area (Å²) in [6, 6.07) is 9.39. The minimum Gasteiger partial charge on any atom is -0.313 e. The van der Waals surface area contributed by atoms with Crippen LogP contribution in [0.4, 0.5) is 0 Å². The molecule has 1 N–H and O–H groups in total. The smallest absolute Gasteiger partial charge is 0.0345 e. The van der Waals surface area contributed by atoms with Gasteiger partial charge in [-0.15, -0.1) is 11.3 Å². The minimum atomic E-state index is 0.584. The van der Waals surface area contributed by atoms with Crippen molar-refractivity contribution in [2.75, 3.05) is 18.1 Å². The van der Waals surface area contributed by atoms with Crippen molar-refractivity contribution in [3.8, 4) is 0 Å². The number of fused-ring (bicyclic) bond motifs is 1. The Morgan fingerprint density at radius 1 is 1.24 bits per heavy atom. The lowest BCUT2D eigenvalue weighted by molar-refractivity contribution is 0.502. The van der Waals surface area contributed by atoms with Crippen molar-refractivity contribution in [3.05, 3.63) is 35.2 Å². The highest BCUT2D eigenvalue weighted by Gasteiger charge is 2.30. The second kappa shape index (κ2) is 7.40. The Morgan fingerprint density at radius 3 is 2.86 bits per heavy atom. The molecule has 1 aromatic heterocycles. The topological polar surface area (TPSA) is 12.0 Å². The first-order valence-electron chi connectivity index (χ1n) is 7.71. The van der Waals surface area contributed by atoms with Crippen molar-refractivity contribution in [2.45, 2.75) is 36.8 Å². The summed E-state index contributed by atoms with van der Waals surface area (Å²) in [5.41, 5.74) is 1.52. The second-order valence-electron chi connectivity index (χ2n) is 5.54. The van der Waals surface area contributed by atoms with E-state index in [0.29, 0.717) is 6.04 Å². The van der Waals surface area contributed by atoms with Gasteiger partial charge < -0.3 is 5.32 Å². The van der Waals surface area contributed by atoms with Gasteiger partial charge in [0.25, 0.3) is 0 Å². The third-order valence-electron chi connectivity index (χ3n) is 4.10. The molecule has 0 radical (unpaired) electrons. The Morgan fingerprint density at radius 2 is 2.05 bits per heavy atom. The summed E-state index contributed by atoms with van der Waals surface area (Å²) < 4.78 is 1.42. The molecule has 4 heteroatoms. The molecule has 1 fully saturated rings. The highest BCUT2D eigenvalue weighted by molar-refractivity contribution is 8.07. The van der Waals surface area contributed by atoms with E-state index in [1.807, 2.05) is 11.3 Å². The predicted octanol–water partition coefficient (Wildman–Crippen LogP) is 4.66. The van der Waals surface area contributed by atoms with Gasteiger partial charge in [-0.2, -0.15) is 23.5 Å². The number of likely N-dealkylation sites (N-methyl/N-ethyl adjacent to an activating group) is 1. The van der Waals surface area contributed by atoms with E-state index in [0.717, 1.165) is 23.5 Å². The van der Waals surface area contributed by atoms with E-state index in [9.17, 15) is 0 Å². The number of benzene rings is 1. The molecule has 1 saturated heterocycles. The molecule has 0 bridgehead atoms. The van der Waals surface area contributed by atoms with Crippen LogP contribution in [0.15, 0.2) is 29.6 Å².